The first-order chi connectivity index (χ1) is 9.55. The van der Waals surface area contributed by atoms with E-state index < -0.39 is 0 Å². The Morgan fingerprint density at radius 3 is 2.30 bits per heavy atom. The Bertz CT molecular complexity index is 380. The second kappa shape index (κ2) is 7.79. The van der Waals surface area contributed by atoms with Gasteiger partial charge in [0, 0.05) is 23.8 Å². The molecule has 4 heteroatoms. The SMILES string of the molecule is CCCNC(c1cnn(CC)c1)C(CC)(CC)N(C)C. The predicted octanol–water partition coefficient (Wildman–Crippen LogP) is 3.06. The van der Waals surface area contributed by atoms with E-state index in [4.69, 9.17) is 0 Å². The summed E-state index contributed by atoms with van der Waals surface area (Å²) in [5.74, 6) is 0. The maximum atomic E-state index is 4.46. The van der Waals surface area contributed by atoms with Crippen molar-refractivity contribution in [3.05, 3.63) is 18.0 Å². The molecule has 0 saturated heterocycles. The average molecular weight is 280 g/mol. The molecular weight excluding hydrogens is 248 g/mol. The molecule has 0 aliphatic carbocycles. The second-order valence-electron chi connectivity index (χ2n) is 5.72. The molecule has 0 saturated carbocycles. The van der Waals surface area contributed by atoms with E-state index in [-0.39, 0.29) is 5.54 Å². The van der Waals surface area contributed by atoms with Gasteiger partial charge in [-0.1, -0.05) is 20.8 Å². The molecule has 1 rings (SSSR count). The molecule has 116 valence electrons. The van der Waals surface area contributed by atoms with Crippen molar-refractivity contribution in [3.8, 4) is 0 Å². The van der Waals surface area contributed by atoms with Crippen LogP contribution < -0.4 is 5.32 Å². The Morgan fingerprint density at radius 2 is 1.90 bits per heavy atom. The summed E-state index contributed by atoms with van der Waals surface area (Å²) in [6, 6.07) is 0.327. The quantitative estimate of drug-likeness (QED) is 0.754. The third-order valence-corrected chi connectivity index (χ3v) is 4.56. The fourth-order valence-electron chi connectivity index (χ4n) is 3.16. The van der Waals surface area contributed by atoms with Crippen LogP contribution in [0.3, 0.4) is 0 Å². The summed E-state index contributed by atoms with van der Waals surface area (Å²) in [6.07, 6.45) is 7.61. The summed E-state index contributed by atoms with van der Waals surface area (Å²) in [5.41, 5.74) is 1.44. The van der Waals surface area contributed by atoms with Crippen molar-refractivity contribution in [2.75, 3.05) is 20.6 Å². The Labute approximate surface area is 124 Å². The van der Waals surface area contributed by atoms with Crippen LogP contribution in [0.25, 0.3) is 0 Å². The van der Waals surface area contributed by atoms with E-state index in [0.29, 0.717) is 6.04 Å². The van der Waals surface area contributed by atoms with E-state index in [1.165, 1.54) is 5.56 Å². The highest BCUT2D eigenvalue weighted by atomic mass is 15.3. The van der Waals surface area contributed by atoms with Gasteiger partial charge in [0.1, 0.15) is 0 Å². The summed E-state index contributed by atoms with van der Waals surface area (Å²) in [6.45, 7) is 10.9. The van der Waals surface area contributed by atoms with Gasteiger partial charge in [-0.2, -0.15) is 5.10 Å². The van der Waals surface area contributed by atoms with Gasteiger partial charge >= 0.3 is 0 Å². The van der Waals surface area contributed by atoms with Gasteiger partial charge in [0.25, 0.3) is 0 Å². The third-order valence-electron chi connectivity index (χ3n) is 4.56. The van der Waals surface area contributed by atoms with Crippen LogP contribution >= 0.6 is 0 Å². The first-order valence-electron chi connectivity index (χ1n) is 7.98. The highest BCUT2D eigenvalue weighted by Gasteiger charge is 2.39. The summed E-state index contributed by atoms with van der Waals surface area (Å²) in [4.78, 5) is 2.38. The molecule has 0 bridgehead atoms. The summed E-state index contributed by atoms with van der Waals surface area (Å²) < 4.78 is 2.02. The number of hydrogen-bond acceptors (Lipinski definition) is 3. The van der Waals surface area contributed by atoms with Crippen LogP contribution in [0.4, 0.5) is 0 Å². The molecular formula is C16H32N4. The lowest BCUT2D eigenvalue weighted by atomic mass is 9.80. The molecule has 0 amide bonds. The average Bonchev–Trinajstić information content (AvgIpc) is 2.92. The fourth-order valence-corrected chi connectivity index (χ4v) is 3.16. The molecule has 1 aromatic heterocycles. The van der Waals surface area contributed by atoms with Crippen molar-refractivity contribution >= 4 is 0 Å². The minimum Gasteiger partial charge on any atom is -0.308 e. The lowest BCUT2D eigenvalue weighted by Crippen LogP contribution is -2.53. The monoisotopic (exact) mass is 280 g/mol. The van der Waals surface area contributed by atoms with Gasteiger partial charge in [-0.25, -0.2) is 0 Å². The molecule has 1 aromatic rings. The highest BCUT2D eigenvalue weighted by Crippen LogP contribution is 2.35. The molecule has 1 unspecified atom stereocenters. The molecule has 20 heavy (non-hydrogen) atoms. The van der Waals surface area contributed by atoms with Crippen LogP contribution in [-0.4, -0.2) is 40.9 Å². The van der Waals surface area contributed by atoms with Crippen molar-refractivity contribution in [2.24, 2.45) is 0 Å². The number of nitrogens with one attached hydrogen (secondary N) is 1. The van der Waals surface area contributed by atoms with Crippen LogP contribution in [0.5, 0.6) is 0 Å². The topological polar surface area (TPSA) is 33.1 Å². The number of likely N-dealkylation sites (N-methyl/N-ethyl adjacent to an activating group) is 1. The van der Waals surface area contributed by atoms with E-state index in [2.05, 4.69) is 63.3 Å². The molecule has 1 N–H and O–H groups in total. The fraction of sp³-hybridized carbons (Fsp3) is 0.812. The molecule has 0 aliphatic heterocycles. The minimum absolute atomic E-state index is 0.136. The molecule has 0 aromatic carbocycles. The zero-order chi connectivity index (χ0) is 15.2. The van der Waals surface area contributed by atoms with Gasteiger partial charge in [-0.15, -0.1) is 0 Å². The van der Waals surface area contributed by atoms with Gasteiger partial charge in [-0.05, 0) is 46.8 Å². The van der Waals surface area contributed by atoms with Crippen molar-refractivity contribution in [1.29, 1.82) is 0 Å². The van der Waals surface area contributed by atoms with Crippen molar-refractivity contribution in [2.45, 2.75) is 65.1 Å². The van der Waals surface area contributed by atoms with Crippen LogP contribution in [-0.2, 0) is 6.54 Å². The third kappa shape index (κ3) is 3.41. The molecule has 4 nitrogen and oxygen atoms in total. The van der Waals surface area contributed by atoms with E-state index >= 15 is 0 Å². The molecule has 0 spiro atoms. The van der Waals surface area contributed by atoms with E-state index in [1.54, 1.807) is 0 Å². The Hall–Kier alpha value is -0.870. The van der Waals surface area contributed by atoms with Gasteiger partial charge in [0.05, 0.1) is 12.2 Å². The second-order valence-corrected chi connectivity index (χ2v) is 5.72. The highest BCUT2D eigenvalue weighted by molar-refractivity contribution is 5.18. The Balaban J connectivity index is 3.14. The van der Waals surface area contributed by atoms with Crippen LogP contribution in [0.2, 0.25) is 0 Å². The number of nitrogens with zero attached hydrogens (tertiary/aromatic N) is 3. The standard InChI is InChI=1S/C16H32N4/c1-7-11-17-15(14-12-18-20(10-4)13-14)16(8-2,9-3)19(5)6/h12-13,15,17H,7-11H2,1-6H3. The van der Waals surface area contributed by atoms with Crippen LogP contribution in [0, 0.1) is 0 Å². The summed E-state index contributed by atoms with van der Waals surface area (Å²) >= 11 is 0. The smallest absolute Gasteiger partial charge is 0.0538 e. The van der Waals surface area contributed by atoms with E-state index in [9.17, 15) is 0 Å². The molecule has 0 fully saturated rings. The van der Waals surface area contributed by atoms with Crippen LogP contribution in [0.15, 0.2) is 12.4 Å². The van der Waals surface area contributed by atoms with Gasteiger partial charge in [-0.3, -0.25) is 4.68 Å². The van der Waals surface area contributed by atoms with Gasteiger partial charge in [0.2, 0.25) is 0 Å². The molecule has 1 atom stereocenters. The predicted molar refractivity (Wildman–Crippen MR) is 85.9 cm³/mol. The first kappa shape index (κ1) is 17.2. The van der Waals surface area contributed by atoms with Crippen LogP contribution in [0.1, 0.15) is 58.6 Å². The number of aromatic nitrogens is 2. The van der Waals surface area contributed by atoms with Crippen molar-refractivity contribution in [1.82, 2.24) is 20.0 Å². The zero-order valence-electron chi connectivity index (χ0n) is 14.1. The minimum atomic E-state index is 0.136. The van der Waals surface area contributed by atoms with Crippen molar-refractivity contribution in [3.63, 3.8) is 0 Å². The largest absolute Gasteiger partial charge is 0.308 e. The van der Waals surface area contributed by atoms with Gasteiger partial charge in [0.15, 0.2) is 0 Å². The normalized spacial score (nSPS) is 13.9. The Kier molecular flexibility index (Phi) is 6.69. The maximum absolute atomic E-state index is 4.46. The van der Waals surface area contributed by atoms with E-state index in [0.717, 1.165) is 32.4 Å². The Morgan fingerprint density at radius 1 is 1.25 bits per heavy atom. The molecule has 0 aliphatic rings. The maximum Gasteiger partial charge on any atom is 0.0538 e. The number of aryl methyl sites for hydroxylation is 1. The van der Waals surface area contributed by atoms with E-state index in [1.807, 2.05) is 10.9 Å². The van der Waals surface area contributed by atoms with Gasteiger partial charge < -0.3 is 10.2 Å². The van der Waals surface area contributed by atoms with Crippen molar-refractivity contribution < 1.29 is 0 Å². The summed E-state index contributed by atoms with van der Waals surface area (Å²) in [7, 11) is 4.38. The first-order valence-corrected chi connectivity index (χ1v) is 7.98. The lowest BCUT2D eigenvalue weighted by Gasteiger charge is -2.45. The number of hydrogen-bond donors (Lipinski definition) is 1. The lowest BCUT2D eigenvalue weighted by molar-refractivity contribution is 0.0881. The zero-order valence-corrected chi connectivity index (χ0v) is 14.1. The molecule has 0 radical (unpaired) electrons. The number of rotatable bonds is 9. The molecule has 1 heterocycles. The summed E-state index contributed by atoms with van der Waals surface area (Å²) in [5, 5.41) is 8.22.